The number of aromatic nitrogens is 2. The van der Waals surface area contributed by atoms with Crippen LogP contribution in [0.5, 0.6) is 5.75 Å². The predicted molar refractivity (Wildman–Crippen MR) is 271 cm³/mol. The molecule has 1 aromatic heterocycles. The van der Waals surface area contributed by atoms with Crippen LogP contribution in [0.3, 0.4) is 0 Å². The fourth-order valence-electron chi connectivity index (χ4n) is 9.47. The van der Waals surface area contributed by atoms with Crippen molar-refractivity contribution in [3.8, 4) is 29.4 Å². The first-order chi connectivity index (χ1) is 33.3. The number of hydrogen-bond donors (Lipinski definition) is 4. The number of rotatable bonds is 14. The summed E-state index contributed by atoms with van der Waals surface area (Å²) in [6.45, 7) is 12.1. The monoisotopic (exact) mass is 972 g/mol. The van der Waals surface area contributed by atoms with Gasteiger partial charge in [-0.05, 0) is 107 Å². The molecule has 0 saturated carbocycles. The number of nitrogens with zero attached hydrogens (tertiary/aromatic N) is 6. The van der Waals surface area contributed by atoms with Crippen LogP contribution < -0.4 is 36.2 Å². The van der Waals surface area contributed by atoms with E-state index in [4.69, 9.17) is 16.3 Å². The summed E-state index contributed by atoms with van der Waals surface area (Å²) in [5.41, 5.74) is 4.88. The number of unbranched alkanes of at least 4 members (excludes halogenated alkanes) is 2. The Morgan fingerprint density at radius 1 is 0.942 bits per heavy atom. The van der Waals surface area contributed by atoms with E-state index >= 15 is 0 Å². The Morgan fingerprint density at radius 3 is 2.46 bits per heavy atom. The first-order valence-electron chi connectivity index (χ1n) is 23.4. The number of hydrogen-bond acceptors (Lipinski definition) is 13. The van der Waals surface area contributed by atoms with E-state index in [0.717, 1.165) is 94.7 Å². The molecule has 18 heteroatoms. The number of methoxy groups -OCH3 is 1. The second-order valence-corrected chi connectivity index (χ2v) is 21.6. The minimum Gasteiger partial charge on any atom is -0.494 e. The molecule has 0 radical (unpaired) electrons. The van der Waals surface area contributed by atoms with E-state index in [2.05, 4.69) is 69.6 Å². The lowest BCUT2D eigenvalue weighted by atomic mass is 10.0. The molecule has 3 fully saturated rings. The van der Waals surface area contributed by atoms with Crippen molar-refractivity contribution in [2.75, 3.05) is 87.1 Å². The summed E-state index contributed by atoms with van der Waals surface area (Å²) in [6, 6.07) is 16.5. The van der Waals surface area contributed by atoms with Gasteiger partial charge in [-0.1, -0.05) is 41.5 Å². The van der Waals surface area contributed by atoms with Crippen LogP contribution in [0, 0.1) is 23.7 Å². The van der Waals surface area contributed by atoms with E-state index in [1.54, 1.807) is 38.3 Å². The van der Waals surface area contributed by atoms with E-state index in [-0.39, 0.29) is 29.2 Å². The van der Waals surface area contributed by atoms with E-state index in [1.165, 1.54) is 6.20 Å². The number of amides is 4. The quantitative estimate of drug-likeness (QED) is 0.0472. The maximum atomic E-state index is 13.0. The summed E-state index contributed by atoms with van der Waals surface area (Å²) < 4.78 is 18.9. The Balaban J connectivity index is 0.818. The van der Waals surface area contributed by atoms with Crippen LogP contribution in [-0.2, 0) is 25.5 Å². The number of para-hydroxylation sites is 1. The number of benzene rings is 3. The van der Waals surface area contributed by atoms with Crippen molar-refractivity contribution in [3.63, 3.8) is 0 Å². The standard InChI is InChI=1S/C51H58ClN10O6P/c1-5-12-46(63)54-40-30-41(56-51-53-32-38(52)48(58-51)55-39-14-9-10-15-45(39)69(3,4)67)44(68-2)31-43(40)61-23-20-36(21-24-61)60-27-25-59(26-28-60)22-11-7-6-8-13-34-16-17-37-35(29-34)33-62(50(37)66)42-18-19-47(64)57-49(42)65/h9-10,14-17,29-32,36,42H,6-7,11,18-28,33H2,1-4H3,(H,54,63)(H,57,64,65)(H2,53,55,56,58). The molecule has 0 aliphatic carbocycles. The van der Waals surface area contributed by atoms with Gasteiger partial charge in [-0.25, -0.2) is 4.98 Å². The molecule has 4 aliphatic heterocycles. The smallest absolute Gasteiger partial charge is 0.300 e. The van der Waals surface area contributed by atoms with Crippen molar-refractivity contribution >= 4 is 82.2 Å². The zero-order chi connectivity index (χ0) is 48.7. The fourth-order valence-corrected chi connectivity index (χ4v) is 10.8. The second-order valence-electron chi connectivity index (χ2n) is 18.0. The molecule has 1 atom stereocenters. The molecule has 0 spiro atoms. The lowest BCUT2D eigenvalue weighted by molar-refractivity contribution is -0.137. The van der Waals surface area contributed by atoms with Crippen molar-refractivity contribution in [3.05, 3.63) is 82.5 Å². The highest BCUT2D eigenvalue weighted by Crippen LogP contribution is 2.41. The number of fused-ring (bicyclic) bond motifs is 1. The van der Waals surface area contributed by atoms with Gasteiger partial charge in [0, 0.05) is 87.2 Å². The van der Waals surface area contributed by atoms with Gasteiger partial charge >= 0.3 is 0 Å². The van der Waals surface area contributed by atoms with Crippen LogP contribution in [0.25, 0.3) is 0 Å². The summed E-state index contributed by atoms with van der Waals surface area (Å²) in [6.07, 6.45) is 6.86. The third-order valence-corrected chi connectivity index (χ3v) is 14.9. The number of piperazine rings is 1. The van der Waals surface area contributed by atoms with Gasteiger partial charge in [-0.15, -0.1) is 0 Å². The minimum absolute atomic E-state index is 0.178. The Kier molecular flexibility index (Phi) is 15.6. The zero-order valence-electron chi connectivity index (χ0n) is 39.5. The number of imide groups is 1. The molecular formula is C51H58ClN10O6P. The van der Waals surface area contributed by atoms with Gasteiger partial charge in [0.15, 0.2) is 5.82 Å². The normalized spacial score (nSPS) is 17.8. The van der Waals surface area contributed by atoms with Crippen LogP contribution in [0.1, 0.15) is 73.4 Å². The zero-order valence-corrected chi connectivity index (χ0v) is 41.1. The molecule has 16 nitrogen and oxygen atoms in total. The van der Waals surface area contributed by atoms with E-state index in [9.17, 15) is 23.7 Å². The van der Waals surface area contributed by atoms with Crippen LogP contribution in [0.2, 0.25) is 5.02 Å². The van der Waals surface area contributed by atoms with Crippen LogP contribution in [0.4, 0.5) is 34.5 Å². The van der Waals surface area contributed by atoms with Crippen molar-refractivity contribution in [2.45, 2.75) is 70.5 Å². The van der Waals surface area contributed by atoms with Crippen LogP contribution in [-0.4, -0.2) is 127 Å². The molecule has 4 aromatic rings. The molecular weight excluding hydrogens is 915 g/mol. The van der Waals surface area contributed by atoms with Gasteiger partial charge in [0.05, 0.1) is 36.1 Å². The minimum atomic E-state index is -2.61. The highest BCUT2D eigenvalue weighted by atomic mass is 35.5. The summed E-state index contributed by atoms with van der Waals surface area (Å²) in [5.74, 6) is 11.6. The third kappa shape index (κ3) is 11.9. The van der Waals surface area contributed by atoms with Crippen LogP contribution >= 0.6 is 18.7 Å². The molecule has 3 saturated heterocycles. The van der Waals surface area contributed by atoms with Gasteiger partial charge in [-0.3, -0.25) is 29.4 Å². The Hall–Kier alpha value is -6.42. The van der Waals surface area contributed by atoms with Crippen LogP contribution in [0.15, 0.2) is 60.8 Å². The molecule has 4 N–H and O–H groups in total. The molecule has 4 aliphatic rings. The van der Waals surface area contributed by atoms with E-state index in [1.807, 2.05) is 48.5 Å². The highest BCUT2D eigenvalue weighted by molar-refractivity contribution is 7.70. The molecule has 3 aromatic carbocycles. The average molecular weight is 974 g/mol. The molecule has 1 unspecified atom stereocenters. The third-order valence-electron chi connectivity index (χ3n) is 13.0. The summed E-state index contributed by atoms with van der Waals surface area (Å²) in [7, 11) is -1.02. The van der Waals surface area contributed by atoms with Crippen molar-refractivity contribution in [1.29, 1.82) is 0 Å². The van der Waals surface area contributed by atoms with Gasteiger partial charge in [0.2, 0.25) is 17.8 Å². The summed E-state index contributed by atoms with van der Waals surface area (Å²) in [4.78, 5) is 68.0. The topological polar surface area (TPSA) is 181 Å². The molecule has 5 heterocycles. The number of carbonyl (C=O) groups excluding carboxylic acids is 4. The lowest BCUT2D eigenvalue weighted by Gasteiger charge is -2.43. The largest absolute Gasteiger partial charge is 0.494 e. The number of nitrogens with one attached hydrogen (secondary N) is 4. The first kappa shape index (κ1) is 49.0. The molecule has 0 bridgehead atoms. The fraction of sp³-hybridized carbons (Fsp3) is 0.412. The highest BCUT2D eigenvalue weighted by Gasteiger charge is 2.39. The average Bonchev–Trinajstić information content (AvgIpc) is 3.66. The number of anilines is 6. The summed E-state index contributed by atoms with van der Waals surface area (Å²) in [5, 5.41) is 12.8. The molecule has 8 rings (SSSR count). The molecule has 69 heavy (non-hydrogen) atoms. The maximum absolute atomic E-state index is 13.0. The Morgan fingerprint density at radius 2 is 1.72 bits per heavy atom. The van der Waals surface area contributed by atoms with E-state index < -0.39 is 25.0 Å². The Bertz CT molecular complexity index is 2800. The van der Waals surface area contributed by atoms with Gasteiger partial charge in [0.1, 0.15) is 24.0 Å². The SMILES string of the molecule is CC#CC(=O)Nc1cc(Nc2ncc(Cl)c(Nc3ccccc3P(C)(C)=O)n2)c(OC)cc1N1CCC(N2CCN(CCCCC#Cc3ccc4c(c3)CN(C3CCC(=O)NC3=O)C4=O)CC2)CC1. The van der Waals surface area contributed by atoms with Gasteiger partial charge < -0.3 is 40.0 Å². The van der Waals surface area contributed by atoms with Gasteiger partial charge in [-0.2, -0.15) is 4.98 Å². The summed E-state index contributed by atoms with van der Waals surface area (Å²) >= 11 is 6.54. The molecule has 4 amide bonds. The van der Waals surface area contributed by atoms with E-state index in [0.29, 0.717) is 58.5 Å². The van der Waals surface area contributed by atoms with Crippen molar-refractivity contribution in [2.24, 2.45) is 0 Å². The number of carbonyl (C=O) groups is 4. The Labute approximate surface area is 408 Å². The van der Waals surface area contributed by atoms with Gasteiger partial charge in [0.25, 0.3) is 11.8 Å². The molecule has 360 valence electrons. The second kappa shape index (κ2) is 21.9. The maximum Gasteiger partial charge on any atom is 0.300 e. The number of ether oxygens (including phenoxy) is 1. The first-order valence-corrected chi connectivity index (χ1v) is 26.4. The number of piperidine rings is 2. The number of halogens is 1. The van der Waals surface area contributed by atoms with Crippen molar-refractivity contribution < 1.29 is 28.5 Å². The predicted octanol–water partition coefficient (Wildman–Crippen LogP) is 6.41. The van der Waals surface area contributed by atoms with Crippen molar-refractivity contribution in [1.82, 2.24) is 30.0 Å². The lowest BCUT2D eigenvalue weighted by Crippen LogP contribution is -2.53.